The zero-order valence-corrected chi connectivity index (χ0v) is 16.3. The minimum absolute atomic E-state index is 0.483. The molecule has 3 rings (SSSR count). The van der Waals surface area contributed by atoms with Crippen molar-refractivity contribution in [2.24, 2.45) is 0 Å². The zero-order valence-electron chi connectivity index (χ0n) is 16.3. The molecule has 0 saturated carbocycles. The minimum atomic E-state index is -0.602. The quantitative estimate of drug-likeness (QED) is 0.607. The number of ether oxygens (including phenoxy) is 1. The molecule has 0 spiro atoms. The van der Waals surface area contributed by atoms with Gasteiger partial charge in [-0.1, -0.05) is 5.92 Å². The fraction of sp³-hybridized carbons (Fsp3) is 0.273. The molecule has 0 aliphatic heterocycles. The summed E-state index contributed by atoms with van der Waals surface area (Å²) in [5.41, 5.74) is 2.46. The molecule has 1 aromatic carbocycles. The molecule has 0 amide bonds. The number of rotatable bonds is 1. The topological polar surface area (TPSA) is 47.4 Å². The molecule has 138 valence electrons. The highest BCUT2D eigenvalue weighted by Gasteiger charge is 2.22. The third-order valence-electron chi connectivity index (χ3n) is 3.86. The van der Waals surface area contributed by atoms with Gasteiger partial charge in [0.1, 0.15) is 11.3 Å². The number of aromatic nitrogens is 2. The van der Waals surface area contributed by atoms with Gasteiger partial charge in [-0.05, 0) is 69.2 Å². The monoisotopic (exact) mass is 361 g/mol. The Hall–Kier alpha value is -3.26. The van der Waals surface area contributed by atoms with Gasteiger partial charge in [-0.2, -0.15) is 0 Å². The normalized spacial score (nSPS) is 11.0. The van der Waals surface area contributed by atoms with Crippen LogP contribution in [0, 0.1) is 11.8 Å². The number of hydrogen-bond donors (Lipinski definition) is 0. The summed E-state index contributed by atoms with van der Waals surface area (Å²) in [6, 6.07) is 13.5. The second-order valence-corrected chi connectivity index (χ2v) is 7.45. The van der Waals surface area contributed by atoms with Crippen molar-refractivity contribution in [2.45, 2.75) is 26.4 Å². The molecule has 5 nitrogen and oxygen atoms in total. The Kier molecular flexibility index (Phi) is 4.91. The lowest BCUT2D eigenvalue weighted by atomic mass is 10.2. The lowest BCUT2D eigenvalue weighted by Crippen LogP contribution is -2.27. The van der Waals surface area contributed by atoms with E-state index in [1.807, 2.05) is 82.2 Å². The average Bonchev–Trinajstić information content (AvgIpc) is 2.97. The van der Waals surface area contributed by atoms with Crippen LogP contribution in [0.3, 0.4) is 0 Å². The lowest BCUT2D eigenvalue weighted by molar-refractivity contribution is 0.0542. The highest BCUT2D eigenvalue weighted by atomic mass is 16.6. The van der Waals surface area contributed by atoms with Crippen LogP contribution in [0.15, 0.2) is 48.7 Å². The van der Waals surface area contributed by atoms with E-state index in [2.05, 4.69) is 16.8 Å². The second-order valence-electron chi connectivity index (χ2n) is 7.45. The molecule has 0 aliphatic carbocycles. The Morgan fingerprint density at radius 2 is 1.81 bits per heavy atom. The van der Waals surface area contributed by atoms with Gasteiger partial charge in [0.15, 0.2) is 5.65 Å². The maximum Gasteiger partial charge on any atom is 0.421 e. The Morgan fingerprint density at radius 1 is 1.11 bits per heavy atom. The maximum atomic E-state index is 12.7. The van der Waals surface area contributed by atoms with Crippen molar-refractivity contribution < 1.29 is 9.53 Å². The molecule has 0 radical (unpaired) electrons. The van der Waals surface area contributed by atoms with Crippen LogP contribution >= 0.6 is 0 Å². The minimum Gasteiger partial charge on any atom is -0.443 e. The SMILES string of the molecule is CN(C)c1ccc(C#Cc2cc3cccnc3n2C(=O)OC(C)(C)C)cc1. The smallest absolute Gasteiger partial charge is 0.421 e. The fourth-order valence-corrected chi connectivity index (χ4v) is 2.60. The number of hydrogen-bond acceptors (Lipinski definition) is 4. The van der Waals surface area contributed by atoms with Crippen LogP contribution in [0.1, 0.15) is 32.0 Å². The summed E-state index contributed by atoms with van der Waals surface area (Å²) in [6.07, 6.45) is 1.17. The molecule has 27 heavy (non-hydrogen) atoms. The van der Waals surface area contributed by atoms with E-state index in [1.54, 1.807) is 6.20 Å². The molecule has 0 bridgehead atoms. The lowest BCUT2D eigenvalue weighted by Gasteiger charge is -2.20. The third-order valence-corrected chi connectivity index (χ3v) is 3.86. The van der Waals surface area contributed by atoms with E-state index in [0.717, 1.165) is 16.6 Å². The summed E-state index contributed by atoms with van der Waals surface area (Å²) in [5, 5.41) is 0.843. The van der Waals surface area contributed by atoms with E-state index in [-0.39, 0.29) is 0 Å². The first-order valence-electron chi connectivity index (χ1n) is 8.74. The summed E-state index contributed by atoms with van der Waals surface area (Å²) >= 11 is 0. The number of pyridine rings is 1. The van der Waals surface area contributed by atoms with E-state index < -0.39 is 11.7 Å². The van der Waals surface area contributed by atoms with E-state index >= 15 is 0 Å². The summed E-state index contributed by atoms with van der Waals surface area (Å²) in [4.78, 5) is 19.1. The molecule has 0 atom stereocenters. The van der Waals surface area contributed by atoms with Crippen LogP contribution in [-0.2, 0) is 4.74 Å². The summed E-state index contributed by atoms with van der Waals surface area (Å²) in [5.74, 6) is 6.21. The van der Waals surface area contributed by atoms with Crippen molar-refractivity contribution in [3.63, 3.8) is 0 Å². The Bertz CT molecular complexity index is 1030. The highest BCUT2D eigenvalue weighted by molar-refractivity contribution is 5.89. The van der Waals surface area contributed by atoms with Gasteiger partial charge in [0.25, 0.3) is 0 Å². The van der Waals surface area contributed by atoms with E-state index in [0.29, 0.717) is 11.3 Å². The number of fused-ring (bicyclic) bond motifs is 1. The average molecular weight is 361 g/mol. The van der Waals surface area contributed by atoms with Crippen molar-refractivity contribution in [1.29, 1.82) is 0 Å². The second kappa shape index (κ2) is 7.16. The van der Waals surface area contributed by atoms with Gasteiger partial charge in [0, 0.05) is 36.9 Å². The number of carbonyl (C=O) groups excluding carboxylic acids is 1. The Balaban J connectivity index is 2.02. The Labute approximate surface area is 159 Å². The van der Waals surface area contributed by atoms with Crippen LogP contribution in [0.4, 0.5) is 10.5 Å². The van der Waals surface area contributed by atoms with Crippen LogP contribution in [0.2, 0.25) is 0 Å². The standard InChI is InChI=1S/C22H23N3O2/c1-22(2,3)27-21(26)25-19(15-17-7-6-14-23-20(17)25)13-10-16-8-11-18(12-9-16)24(4)5/h6-9,11-12,14-15H,1-5H3. The summed E-state index contributed by atoms with van der Waals surface area (Å²) in [6.45, 7) is 5.50. The molecule has 0 unspecified atom stereocenters. The molecule has 5 heteroatoms. The maximum absolute atomic E-state index is 12.7. The highest BCUT2D eigenvalue weighted by Crippen LogP contribution is 2.20. The fourth-order valence-electron chi connectivity index (χ4n) is 2.60. The molecule has 0 fully saturated rings. The first kappa shape index (κ1) is 18.5. The third kappa shape index (κ3) is 4.29. The molecule has 0 saturated heterocycles. The van der Waals surface area contributed by atoms with Crippen LogP contribution in [-0.4, -0.2) is 35.3 Å². The van der Waals surface area contributed by atoms with Gasteiger partial charge >= 0.3 is 6.09 Å². The molecule has 2 heterocycles. The van der Waals surface area contributed by atoms with Crippen LogP contribution in [0.25, 0.3) is 11.0 Å². The van der Waals surface area contributed by atoms with Gasteiger partial charge in [-0.25, -0.2) is 14.3 Å². The molecule has 3 aromatic rings. The molecule has 0 aliphatic rings. The summed E-state index contributed by atoms with van der Waals surface area (Å²) in [7, 11) is 3.99. The first-order chi connectivity index (χ1) is 12.7. The molecular weight excluding hydrogens is 338 g/mol. The van der Waals surface area contributed by atoms with Crippen molar-refractivity contribution in [3.8, 4) is 11.8 Å². The first-order valence-corrected chi connectivity index (χ1v) is 8.74. The largest absolute Gasteiger partial charge is 0.443 e. The predicted molar refractivity (Wildman–Crippen MR) is 108 cm³/mol. The molecule has 2 aromatic heterocycles. The van der Waals surface area contributed by atoms with Crippen molar-refractivity contribution >= 4 is 22.8 Å². The van der Waals surface area contributed by atoms with Gasteiger partial charge in [0.05, 0.1) is 0 Å². The number of carbonyl (C=O) groups is 1. The molecular formula is C22H23N3O2. The van der Waals surface area contributed by atoms with Crippen molar-refractivity contribution in [3.05, 3.63) is 59.9 Å². The Morgan fingerprint density at radius 3 is 2.44 bits per heavy atom. The van der Waals surface area contributed by atoms with Crippen molar-refractivity contribution in [1.82, 2.24) is 9.55 Å². The van der Waals surface area contributed by atoms with Gasteiger partial charge < -0.3 is 9.64 Å². The van der Waals surface area contributed by atoms with Crippen molar-refractivity contribution in [2.75, 3.05) is 19.0 Å². The number of benzene rings is 1. The van der Waals surface area contributed by atoms with Crippen LogP contribution in [0.5, 0.6) is 0 Å². The van der Waals surface area contributed by atoms with Crippen LogP contribution < -0.4 is 4.90 Å². The van der Waals surface area contributed by atoms with E-state index in [4.69, 9.17) is 4.74 Å². The van der Waals surface area contributed by atoms with E-state index in [1.165, 1.54) is 4.57 Å². The number of nitrogens with zero attached hydrogens (tertiary/aromatic N) is 3. The zero-order chi connectivity index (χ0) is 19.6. The number of anilines is 1. The van der Waals surface area contributed by atoms with Gasteiger partial charge in [-0.3, -0.25) is 0 Å². The predicted octanol–water partition coefficient (Wildman–Crippen LogP) is 4.29. The summed E-state index contributed by atoms with van der Waals surface area (Å²) < 4.78 is 6.97. The van der Waals surface area contributed by atoms with Gasteiger partial charge in [0.2, 0.25) is 0 Å². The van der Waals surface area contributed by atoms with E-state index in [9.17, 15) is 4.79 Å². The van der Waals surface area contributed by atoms with Gasteiger partial charge in [-0.15, -0.1) is 0 Å². The molecule has 0 N–H and O–H groups in total.